The molecular weight excluding hydrogens is 409 g/mol. The third kappa shape index (κ3) is 5.84. The first-order valence-electron chi connectivity index (χ1n) is 7.01. The first kappa shape index (κ1) is 18.8. The van der Waals surface area contributed by atoms with Crippen molar-refractivity contribution in [1.29, 1.82) is 0 Å². The zero-order valence-electron chi connectivity index (χ0n) is 12.8. The highest BCUT2D eigenvalue weighted by atomic mass is 127. The number of hydrogen-bond donors (Lipinski definition) is 2. The van der Waals surface area contributed by atoms with Crippen molar-refractivity contribution in [2.24, 2.45) is 4.99 Å². The molecule has 0 unspecified atom stereocenters. The number of aliphatic imine (C=N–C) groups is 1. The lowest BCUT2D eigenvalue weighted by Crippen LogP contribution is -2.36. The number of thiophene rings is 1. The highest BCUT2D eigenvalue weighted by Crippen LogP contribution is 2.17. The van der Waals surface area contributed by atoms with Crippen LogP contribution in [0.1, 0.15) is 17.4 Å². The predicted octanol–water partition coefficient (Wildman–Crippen LogP) is 3.63. The molecule has 0 aliphatic rings. The molecule has 0 amide bonds. The highest BCUT2D eigenvalue weighted by molar-refractivity contribution is 14.0. The van der Waals surface area contributed by atoms with Crippen LogP contribution in [0, 0.1) is 0 Å². The lowest BCUT2D eigenvalue weighted by atomic mass is 10.2. The van der Waals surface area contributed by atoms with Crippen molar-refractivity contribution in [2.75, 3.05) is 13.7 Å². The standard InChI is InChI=1S/C16H21N3OS.HI/c1-3-20-15-9-5-4-7-13(15)11-18-16(17-2)19-12-14-8-6-10-21-14;/h4-10H,3,11-12H2,1-2H3,(H2,17,18,19);1H. The molecule has 6 heteroatoms. The number of rotatable bonds is 6. The average molecular weight is 431 g/mol. The van der Waals surface area contributed by atoms with Crippen LogP contribution < -0.4 is 15.4 Å². The van der Waals surface area contributed by atoms with Crippen LogP contribution in [0.4, 0.5) is 0 Å². The Balaban J connectivity index is 0.00000242. The molecule has 2 aromatic rings. The second kappa shape index (κ2) is 10.4. The Hall–Kier alpha value is -1.28. The van der Waals surface area contributed by atoms with Gasteiger partial charge in [-0.1, -0.05) is 24.3 Å². The molecule has 0 aliphatic carbocycles. The van der Waals surface area contributed by atoms with E-state index in [1.165, 1.54) is 4.88 Å². The molecular formula is C16H22IN3OS. The molecule has 0 bridgehead atoms. The van der Waals surface area contributed by atoms with Gasteiger partial charge in [0, 0.05) is 24.0 Å². The summed E-state index contributed by atoms with van der Waals surface area (Å²) in [7, 11) is 1.78. The van der Waals surface area contributed by atoms with Gasteiger partial charge in [-0.15, -0.1) is 35.3 Å². The topological polar surface area (TPSA) is 45.6 Å². The first-order valence-corrected chi connectivity index (χ1v) is 7.89. The third-order valence-electron chi connectivity index (χ3n) is 2.95. The van der Waals surface area contributed by atoms with Crippen molar-refractivity contribution in [2.45, 2.75) is 20.0 Å². The van der Waals surface area contributed by atoms with E-state index in [-0.39, 0.29) is 24.0 Å². The summed E-state index contributed by atoms with van der Waals surface area (Å²) in [5.74, 6) is 1.70. The Kier molecular flexibility index (Phi) is 8.91. The maximum atomic E-state index is 5.62. The number of nitrogens with one attached hydrogen (secondary N) is 2. The number of ether oxygens (including phenoxy) is 1. The van der Waals surface area contributed by atoms with Crippen molar-refractivity contribution in [3.05, 3.63) is 52.2 Å². The van der Waals surface area contributed by atoms with Crippen LogP contribution in [0.25, 0.3) is 0 Å². The predicted molar refractivity (Wildman–Crippen MR) is 104 cm³/mol. The molecule has 1 aromatic heterocycles. The van der Waals surface area contributed by atoms with Gasteiger partial charge in [-0.25, -0.2) is 0 Å². The quantitative estimate of drug-likeness (QED) is 0.417. The number of benzene rings is 1. The molecule has 4 nitrogen and oxygen atoms in total. The lowest BCUT2D eigenvalue weighted by Gasteiger charge is -2.14. The van der Waals surface area contributed by atoms with Gasteiger partial charge in [0.1, 0.15) is 5.75 Å². The summed E-state index contributed by atoms with van der Waals surface area (Å²) in [5, 5.41) is 8.69. The number of hydrogen-bond acceptors (Lipinski definition) is 3. The number of guanidine groups is 1. The van der Waals surface area contributed by atoms with Gasteiger partial charge in [0.25, 0.3) is 0 Å². The maximum Gasteiger partial charge on any atom is 0.191 e. The summed E-state index contributed by atoms with van der Waals surface area (Å²) in [5.41, 5.74) is 1.12. The van der Waals surface area contributed by atoms with Crippen LogP contribution >= 0.6 is 35.3 Å². The molecule has 0 atom stereocenters. The van der Waals surface area contributed by atoms with Crippen LogP contribution in [-0.2, 0) is 13.1 Å². The molecule has 2 rings (SSSR count). The van der Waals surface area contributed by atoms with Gasteiger partial charge >= 0.3 is 0 Å². The fraction of sp³-hybridized carbons (Fsp3) is 0.312. The van der Waals surface area contributed by atoms with E-state index < -0.39 is 0 Å². The van der Waals surface area contributed by atoms with E-state index in [9.17, 15) is 0 Å². The van der Waals surface area contributed by atoms with Crippen LogP contribution in [0.3, 0.4) is 0 Å². The first-order chi connectivity index (χ1) is 10.3. The summed E-state index contributed by atoms with van der Waals surface area (Å²) < 4.78 is 5.62. The number of nitrogens with zero attached hydrogens (tertiary/aromatic N) is 1. The smallest absolute Gasteiger partial charge is 0.191 e. The van der Waals surface area contributed by atoms with Crippen LogP contribution in [-0.4, -0.2) is 19.6 Å². The largest absolute Gasteiger partial charge is 0.494 e. The maximum absolute atomic E-state index is 5.62. The summed E-state index contributed by atoms with van der Waals surface area (Å²) in [6.07, 6.45) is 0. The normalized spacial score (nSPS) is 10.7. The van der Waals surface area contributed by atoms with Gasteiger partial charge in [-0.2, -0.15) is 0 Å². The summed E-state index contributed by atoms with van der Waals surface area (Å²) in [6, 6.07) is 12.2. The monoisotopic (exact) mass is 431 g/mol. The van der Waals surface area contributed by atoms with E-state index in [0.29, 0.717) is 13.2 Å². The Labute approximate surface area is 153 Å². The van der Waals surface area contributed by atoms with Crippen LogP contribution in [0.15, 0.2) is 46.8 Å². The second-order valence-electron chi connectivity index (χ2n) is 4.40. The minimum absolute atomic E-state index is 0. The second-order valence-corrected chi connectivity index (χ2v) is 5.43. The van der Waals surface area contributed by atoms with Crippen molar-refractivity contribution in [1.82, 2.24) is 10.6 Å². The molecule has 0 radical (unpaired) electrons. The molecule has 22 heavy (non-hydrogen) atoms. The Morgan fingerprint density at radius 2 is 1.91 bits per heavy atom. The van der Waals surface area contributed by atoms with Crippen molar-refractivity contribution >= 4 is 41.3 Å². The molecule has 0 saturated carbocycles. The van der Waals surface area contributed by atoms with Crippen molar-refractivity contribution in [3.8, 4) is 5.75 Å². The van der Waals surface area contributed by atoms with E-state index in [0.717, 1.165) is 23.8 Å². The molecule has 0 saturated heterocycles. The number of halogens is 1. The third-order valence-corrected chi connectivity index (χ3v) is 3.83. The highest BCUT2D eigenvalue weighted by Gasteiger charge is 2.04. The lowest BCUT2D eigenvalue weighted by molar-refractivity contribution is 0.336. The zero-order valence-corrected chi connectivity index (χ0v) is 16.0. The van der Waals surface area contributed by atoms with E-state index in [4.69, 9.17) is 4.74 Å². The molecule has 2 N–H and O–H groups in total. The minimum atomic E-state index is 0. The molecule has 0 aliphatic heterocycles. The Morgan fingerprint density at radius 3 is 2.59 bits per heavy atom. The van der Waals surface area contributed by atoms with Crippen LogP contribution in [0.5, 0.6) is 5.75 Å². The van der Waals surface area contributed by atoms with Gasteiger partial charge in [-0.05, 0) is 24.4 Å². The zero-order chi connectivity index (χ0) is 14.9. The molecule has 1 heterocycles. The van der Waals surface area contributed by atoms with Gasteiger partial charge in [0.05, 0.1) is 13.2 Å². The van der Waals surface area contributed by atoms with Gasteiger partial charge in [0.2, 0.25) is 0 Å². The fourth-order valence-electron chi connectivity index (χ4n) is 1.93. The average Bonchev–Trinajstić information content (AvgIpc) is 3.02. The Bertz CT molecular complexity index is 573. The Morgan fingerprint density at radius 1 is 1.14 bits per heavy atom. The summed E-state index contributed by atoms with van der Waals surface area (Å²) in [4.78, 5) is 5.52. The van der Waals surface area contributed by atoms with Gasteiger partial charge in [0.15, 0.2) is 5.96 Å². The summed E-state index contributed by atoms with van der Waals surface area (Å²) >= 11 is 1.73. The van der Waals surface area contributed by atoms with E-state index in [1.54, 1.807) is 18.4 Å². The van der Waals surface area contributed by atoms with Crippen molar-refractivity contribution in [3.63, 3.8) is 0 Å². The van der Waals surface area contributed by atoms with E-state index in [2.05, 4.69) is 39.2 Å². The minimum Gasteiger partial charge on any atom is -0.494 e. The molecule has 1 aromatic carbocycles. The molecule has 0 fully saturated rings. The fourth-order valence-corrected chi connectivity index (χ4v) is 2.57. The summed E-state index contributed by atoms with van der Waals surface area (Å²) in [6.45, 7) is 4.12. The van der Waals surface area contributed by atoms with E-state index in [1.807, 2.05) is 25.1 Å². The van der Waals surface area contributed by atoms with E-state index >= 15 is 0 Å². The van der Waals surface area contributed by atoms with Gasteiger partial charge < -0.3 is 15.4 Å². The molecule has 120 valence electrons. The van der Waals surface area contributed by atoms with Gasteiger partial charge in [-0.3, -0.25) is 4.99 Å². The number of para-hydroxylation sites is 1. The molecule has 0 spiro atoms. The SMILES string of the molecule is CCOc1ccccc1CNC(=NC)NCc1cccs1.I. The van der Waals surface area contributed by atoms with Crippen molar-refractivity contribution < 1.29 is 4.74 Å². The van der Waals surface area contributed by atoms with Crippen LogP contribution in [0.2, 0.25) is 0 Å².